The van der Waals surface area contributed by atoms with Gasteiger partial charge in [0.1, 0.15) is 18.9 Å². The average Bonchev–Trinajstić information content (AvgIpc) is 3.59. The van der Waals surface area contributed by atoms with Gasteiger partial charge in [0, 0.05) is 18.0 Å². The summed E-state index contributed by atoms with van der Waals surface area (Å²) in [6.07, 6.45) is 1.79. The number of carbonyl (C=O) groups excluding carboxylic acids is 2. The first kappa shape index (κ1) is 26.4. The first-order valence-electron chi connectivity index (χ1n) is 12.8. The van der Waals surface area contributed by atoms with Crippen molar-refractivity contribution in [2.24, 2.45) is 5.92 Å². The number of benzene rings is 1. The number of hydrogen-bond acceptors (Lipinski definition) is 5. The first-order valence-corrected chi connectivity index (χ1v) is 14.5. The van der Waals surface area contributed by atoms with Crippen LogP contribution in [0.15, 0.2) is 53.2 Å². The highest BCUT2D eigenvalue weighted by Gasteiger charge is 2.34. The van der Waals surface area contributed by atoms with Gasteiger partial charge in [-0.2, -0.15) is 0 Å². The number of thiophene rings is 2. The molecule has 5 nitrogen and oxygen atoms in total. The summed E-state index contributed by atoms with van der Waals surface area (Å²) in [6.45, 7) is 10.3. The lowest BCUT2D eigenvalue weighted by Gasteiger charge is -2.37. The molecule has 192 valence electrons. The number of ether oxygens (including phenoxy) is 1. The third-order valence-corrected chi connectivity index (χ3v) is 8.80. The van der Waals surface area contributed by atoms with Crippen LogP contribution in [0.4, 0.5) is 0 Å². The Kier molecular flexibility index (Phi) is 8.86. The van der Waals surface area contributed by atoms with Crippen LogP contribution in [-0.4, -0.2) is 47.9 Å². The van der Waals surface area contributed by atoms with Crippen molar-refractivity contribution >= 4 is 34.5 Å². The van der Waals surface area contributed by atoms with Crippen LogP contribution in [-0.2, 0) is 11.2 Å². The van der Waals surface area contributed by atoms with Gasteiger partial charge >= 0.3 is 0 Å². The average molecular weight is 525 g/mol. The van der Waals surface area contributed by atoms with Crippen LogP contribution in [0.1, 0.15) is 71.8 Å². The molecule has 3 heterocycles. The zero-order chi connectivity index (χ0) is 25.7. The molecule has 36 heavy (non-hydrogen) atoms. The highest BCUT2D eigenvalue weighted by Crippen LogP contribution is 2.34. The Hall–Kier alpha value is -2.64. The van der Waals surface area contributed by atoms with Gasteiger partial charge < -0.3 is 14.5 Å². The Balaban J connectivity index is 1.51. The Bertz CT molecular complexity index is 1140. The van der Waals surface area contributed by atoms with E-state index in [-0.39, 0.29) is 24.4 Å². The standard InChI is InChI=1S/C29H36N2O3S2/c1-5-21(4)17-30(29(33)27-7-6-15-35-27)18-28(32)31-14-12-26-24(13-16-36-26)25(31)19-34-23-10-8-22(9-11-23)20(2)3/h6-11,13,15-16,20-21,25H,5,12,14,17-19H2,1-4H3/t21-,25-/m0/s1. The van der Waals surface area contributed by atoms with Crippen LogP contribution in [0.2, 0.25) is 0 Å². The zero-order valence-corrected chi connectivity index (χ0v) is 23.2. The molecule has 0 saturated heterocycles. The van der Waals surface area contributed by atoms with Crippen molar-refractivity contribution in [2.45, 2.75) is 52.5 Å². The van der Waals surface area contributed by atoms with Crippen molar-refractivity contribution < 1.29 is 14.3 Å². The molecule has 1 aromatic carbocycles. The second kappa shape index (κ2) is 12.1. The molecule has 7 heteroatoms. The molecule has 0 aliphatic carbocycles. The van der Waals surface area contributed by atoms with E-state index < -0.39 is 0 Å². The fraction of sp³-hybridized carbons (Fsp3) is 0.448. The number of rotatable bonds is 10. The third-order valence-electron chi connectivity index (χ3n) is 6.94. The van der Waals surface area contributed by atoms with Gasteiger partial charge in [0.15, 0.2) is 0 Å². The Labute approximate surface area is 222 Å². The summed E-state index contributed by atoms with van der Waals surface area (Å²) in [4.78, 5) is 32.6. The summed E-state index contributed by atoms with van der Waals surface area (Å²) in [7, 11) is 0. The second-order valence-corrected chi connectivity index (χ2v) is 11.8. The van der Waals surface area contributed by atoms with Gasteiger partial charge in [-0.15, -0.1) is 22.7 Å². The lowest BCUT2D eigenvalue weighted by molar-refractivity contribution is -0.135. The van der Waals surface area contributed by atoms with Crippen LogP contribution in [0.5, 0.6) is 5.75 Å². The number of nitrogens with zero attached hydrogens (tertiary/aromatic N) is 2. The molecule has 0 N–H and O–H groups in total. The summed E-state index contributed by atoms with van der Waals surface area (Å²) in [5.74, 6) is 1.50. The highest BCUT2D eigenvalue weighted by atomic mass is 32.1. The predicted octanol–water partition coefficient (Wildman–Crippen LogP) is 6.63. The maximum absolute atomic E-state index is 13.7. The van der Waals surface area contributed by atoms with E-state index in [0.29, 0.717) is 36.4 Å². The number of amides is 2. The topological polar surface area (TPSA) is 49.9 Å². The predicted molar refractivity (Wildman–Crippen MR) is 148 cm³/mol. The van der Waals surface area contributed by atoms with E-state index >= 15 is 0 Å². The van der Waals surface area contributed by atoms with Crippen molar-refractivity contribution in [3.8, 4) is 5.75 Å². The van der Waals surface area contributed by atoms with Crippen molar-refractivity contribution in [1.82, 2.24) is 9.80 Å². The molecule has 4 rings (SSSR count). The van der Waals surface area contributed by atoms with Gasteiger partial charge in [0.05, 0.1) is 10.9 Å². The van der Waals surface area contributed by atoms with Crippen LogP contribution in [0.25, 0.3) is 0 Å². The van der Waals surface area contributed by atoms with Crippen molar-refractivity contribution in [1.29, 1.82) is 0 Å². The quantitative estimate of drug-likeness (QED) is 0.299. The molecule has 2 aromatic heterocycles. The van der Waals surface area contributed by atoms with Gasteiger partial charge in [0.25, 0.3) is 5.91 Å². The van der Waals surface area contributed by atoms with Crippen LogP contribution in [0, 0.1) is 5.92 Å². The molecule has 0 bridgehead atoms. The molecule has 0 fully saturated rings. The zero-order valence-electron chi connectivity index (χ0n) is 21.6. The van der Waals surface area contributed by atoms with E-state index in [0.717, 1.165) is 24.2 Å². The molecule has 1 aliphatic heterocycles. The fourth-order valence-corrected chi connectivity index (χ4v) is 6.15. The summed E-state index contributed by atoms with van der Waals surface area (Å²) in [5, 5.41) is 4.00. The van der Waals surface area contributed by atoms with E-state index in [9.17, 15) is 9.59 Å². The van der Waals surface area contributed by atoms with Crippen molar-refractivity contribution in [3.63, 3.8) is 0 Å². The minimum Gasteiger partial charge on any atom is -0.491 e. The minimum absolute atomic E-state index is 0.0242. The molecule has 2 atom stereocenters. The molecule has 0 saturated carbocycles. The summed E-state index contributed by atoms with van der Waals surface area (Å²) >= 11 is 3.16. The Morgan fingerprint density at radius 2 is 1.86 bits per heavy atom. The molecule has 0 radical (unpaired) electrons. The smallest absolute Gasteiger partial charge is 0.264 e. The number of carbonyl (C=O) groups is 2. The van der Waals surface area contributed by atoms with Crippen molar-refractivity contribution in [3.05, 3.63) is 74.1 Å². The first-order chi connectivity index (χ1) is 17.4. The number of fused-ring (bicyclic) bond motifs is 1. The molecular formula is C29H36N2O3S2. The lowest BCUT2D eigenvalue weighted by Crippen LogP contribution is -2.48. The monoisotopic (exact) mass is 524 g/mol. The maximum atomic E-state index is 13.7. The molecule has 0 unspecified atom stereocenters. The van der Waals surface area contributed by atoms with Gasteiger partial charge in [-0.05, 0) is 64.4 Å². The van der Waals surface area contributed by atoms with E-state index in [2.05, 4.69) is 51.3 Å². The Morgan fingerprint density at radius 1 is 1.08 bits per heavy atom. The van der Waals surface area contributed by atoms with E-state index in [1.165, 1.54) is 21.8 Å². The van der Waals surface area contributed by atoms with E-state index in [1.807, 2.05) is 34.5 Å². The normalized spacial score (nSPS) is 16.0. The highest BCUT2D eigenvalue weighted by molar-refractivity contribution is 7.12. The van der Waals surface area contributed by atoms with Gasteiger partial charge in [-0.3, -0.25) is 9.59 Å². The summed E-state index contributed by atoms with van der Waals surface area (Å²) < 4.78 is 6.21. The fourth-order valence-electron chi connectivity index (χ4n) is 4.53. The van der Waals surface area contributed by atoms with Crippen LogP contribution < -0.4 is 4.74 Å². The largest absolute Gasteiger partial charge is 0.491 e. The molecule has 2 amide bonds. The Morgan fingerprint density at radius 3 is 2.53 bits per heavy atom. The lowest BCUT2D eigenvalue weighted by atomic mass is 10.00. The van der Waals surface area contributed by atoms with E-state index in [1.54, 1.807) is 16.2 Å². The van der Waals surface area contributed by atoms with Crippen molar-refractivity contribution in [2.75, 3.05) is 26.2 Å². The SMILES string of the molecule is CC[C@H](C)CN(CC(=O)N1CCc2sccc2[C@@H]1COc1ccc(C(C)C)cc1)C(=O)c1cccs1. The van der Waals surface area contributed by atoms with Gasteiger partial charge in [-0.1, -0.05) is 52.3 Å². The maximum Gasteiger partial charge on any atom is 0.264 e. The van der Waals surface area contributed by atoms with E-state index in [4.69, 9.17) is 4.74 Å². The molecular weight excluding hydrogens is 488 g/mol. The molecule has 1 aliphatic rings. The van der Waals surface area contributed by atoms with Gasteiger partial charge in [-0.25, -0.2) is 0 Å². The summed E-state index contributed by atoms with van der Waals surface area (Å²) in [5.41, 5.74) is 2.44. The second-order valence-electron chi connectivity index (χ2n) is 9.86. The third kappa shape index (κ3) is 6.19. The minimum atomic E-state index is -0.167. The van der Waals surface area contributed by atoms with Crippen LogP contribution >= 0.6 is 22.7 Å². The van der Waals surface area contributed by atoms with Crippen LogP contribution in [0.3, 0.4) is 0 Å². The molecule has 3 aromatic rings. The molecule has 0 spiro atoms. The van der Waals surface area contributed by atoms with Gasteiger partial charge in [0.2, 0.25) is 5.91 Å². The summed E-state index contributed by atoms with van der Waals surface area (Å²) in [6, 6.07) is 13.9. The number of hydrogen-bond donors (Lipinski definition) is 0.